The number of amides is 2. The first-order valence-electron chi connectivity index (χ1n) is 8.18. The van der Waals surface area contributed by atoms with Crippen LogP contribution in [0.5, 0.6) is 0 Å². The molecule has 1 saturated heterocycles. The molecule has 0 aromatic rings. The Hall–Kier alpha value is -0.850. The summed E-state index contributed by atoms with van der Waals surface area (Å²) in [6, 6.07) is 0.367. The number of hydrogen-bond acceptors (Lipinski definition) is 4. The van der Waals surface area contributed by atoms with Crippen molar-refractivity contribution in [1.82, 2.24) is 15.5 Å². The van der Waals surface area contributed by atoms with Crippen LogP contribution in [0, 0.1) is 5.92 Å². The molecule has 1 unspecified atom stereocenters. The lowest BCUT2D eigenvalue weighted by Gasteiger charge is -2.31. The number of carbonyl (C=O) groups is 2. The molecule has 0 spiro atoms. The Morgan fingerprint density at radius 2 is 1.86 bits per heavy atom. The van der Waals surface area contributed by atoms with Gasteiger partial charge in [0.25, 0.3) is 0 Å². The number of nitrogens with two attached hydrogens (primary N) is 1. The van der Waals surface area contributed by atoms with Crippen molar-refractivity contribution in [2.45, 2.75) is 44.6 Å². The smallest absolute Gasteiger partial charge is 0.234 e. The summed E-state index contributed by atoms with van der Waals surface area (Å²) in [6.07, 6.45) is 6.52. The van der Waals surface area contributed by atoms with E-state index in [9.17, 15) is 9.59 Å². The van der Waals surface area contributed by atoms with Crippen LogP contribution in [-0.4, -0.2) is 55.5 Å². The highest BCUT2D eigenvalue weighted by molar-refractivity contribution is 5.85. The summed E-state index contributed by atoms with van der Waals surface area (Å²) < 4.78 is 0. The van der Waals surface area contributed by atoms with E-state index in [1.807, 2.05) is 0 Å². The lowest BCUT2D eigenvalue weighted by Crippen LogP contribution is -2.48. The molecule has 2 aliphatic rings. The van der Waals surface area contributed by atoms with Crippen molar-refractivity contribution >= 4 is 24.2 Å². The molecule has 7 heteroatoms. The van der Waals surface area contributed by atoms with E-state index < -0.39 is 0 Å². The van der Waals surface area contributed by atoms with Crippen LogP contribution in [0.15, 0.2) is 0 Å². The van der Waals surface area contributed by atoms with E-state index in [2.05, 4.69) is 15.5 Å². The Morgan fingerprint density at radius 1 is 1.14 bits per heavy atom. The molecule has 6 nitrogen and oxygen atoms in total. The quantitative estimate of drug-likeness (QED) is 0.651. The zero-order valence-electron chi connectivity index (χ0n) is 13.2. The predicted octanol–water partition coefficient (Wildman–Crippen LogP) is 0.254. The van der Waals surface area contributed by atoms with Gasteiger partial charge in [0, 0.05) is 25.7 Å². The normalized spacial score (nSPS) is 22.9. The first-order valence-corrected chi connectivity index (χ1v) is 8.18. The largest absolute Gasteiger partial charge is 0.355 e. The van der Waals surface area contributed by atoms with Gasteiger partial charge in [0.2, 0.25) is 11.8 Å². The summed E-state index contributed by atoms with van der Waals surface area (Å²) in [7, 11) is 0. The molecular weight excluding hydrogens is 304 g/mol. The second-order valence-electron chi connectivity index (χ2n) is 6.20. The van der Waals surface area contributed by atoms with Crippen LogP contribution in [0.2, 0.25) is 0 Å². The topological polar surface area (TPSA) is 87.5 Å². The van der Waals surface area contributed by atoms with Crippen molar-refractivity contribution in [2.75, 3.05) is 32.7 Å². The van der Waals surface area contributed by atoms with E-state index in [0.717, 1.165) is 32.2 Å². The Morgan fingerprint density at radius 3 is 2.55 bits per heavy atom. The van der Waals surface area contributed by atoms with Crippen LogP contribution < -0.4 is 16.4 Å². The summed E-state index contributed by atoms with van der Waals surface area (Å²) >= 11 is 0. The van der Waals surface area contributed by atoms with Gasteiger partial charge in [-0.25, -0.2) is 0 Å². The molecule has 0 bridgehead atoms. The van der Waals surface area contributed by atoms with Gasteiger partial charge in [-0.1, -0.05) is 12.8 Å². The van der Waals surface area contributed by atoms with Crippen molar-refractivity contribution < 1.29 is 9.59 Å². The van der Waals surface area contributed by atoms with Crippen LogP contribution in [0.25, 0.3) is 0 Å². The number of halogens is 1. The van der Waals surface area contributed by atoms with Gasteiger partial charge in [-0.05, 0) is 32.2 Å². The third-order valence-corrected chi connectivity index (χ3v) is 4.41. The van der Waals surface area contributed by atoms with Crippen LogP contribution in [-0.2, 0) is 9.59 Å². The van der Waals surface area contributed by atoms with Crippen molar-refractivity contribution in [3.05, 3.63) is 0 Å². The number of piperidine rings is 1. The minimum atomic E-state index is -0.00965. The predicted molar refractivity (Wildman–Crippen MR) is 88.9 cm³/mol. The fourth-order valence-electron chi connectivity index (χ4n) is 3.30. The molecule has 22 heavy (non-hydrogen) atoms. The van der Waals surface area contributed by atoms with Crippen LogP contribution >= 0.6 is 12.4 Å². The third kappa shape index (κ3) is 6.10. The zero-order chi connectivity index (χ0) is 15.1. The number of nitrogens with zero attached hydrogens (tertiary/aromatic N) is 1. The number of rotatable bonds is 6. The molecule has 1 aliphatic heterocycles. The number of likely N-dealkylation sites (tertiary alicyclic amines) is 1. The molecule has 1 heterocycles. The lowest BCUT2D eigenvalue weighted by molar-refractivity contribution is -0.129. The molecule has 4 N–H and O–H groups in total. The van der Waals surface area contributed by atoms with E-state index in [1.54, 1.807) is 0 Å². The van der Waals surface area contributed by atoms with E-state index >= 15 is 0 Å². The van der Waals surface area contributed by atoms with Gasteiger partial charge in [-0.15, -0.1) is 12.4 Å². The van der Waals surface area contributed by atoms with Gasteiger partial charge in [-0.3, -0.25) is 14.5 Å². The second kappa shape index (κ2) is 10.0. The van der Waals surface area contributed by atoms with Crippen LogP contribution in [0.3, 0.4) is 0 Å². The minimum Gasteiger partial charge on any atom is -0.355 e. The van der Waals surface area contributed by atoms with Crippen molar-refractivity contribution in [1.29, 1.82) is 0 Å². The molecule has 0 radical (unpaired) electrons. The van der Waals surface area contributed by atoms with E-state index in [0.29, 0.717) is 32.2 Å². The van der Waals surface area contributed by atoms with Gasteiger partial charge in [0.05, 0.1) is 12.5 Å². The average Bonchev–Trinajstić information content (AvgIpc) is 2.97. The molecule has 128 valence electrons. The SMILES string of the molecule is Cl.NCCNC(=O)C1CCCN(CC(=O)NC2CCCC2)C1. The molecule has 2 amide bonds. The molecule has 1 aliphatic carbocycles. The van der Waals surface area contributed by atoms with Gasteiger partial charge in [-0.2, -0.15) is 0 Å². The average molecular weight is 333 g/mol. The highest BCUT2D eigenvalue weighted by Gasteiger charge is 2.27. The summed E-state index contributed by atoms with van der Waals surface area (Å²) in [4.78, 5) is 26.1. The molecule has 2 fully saturated rings. The first-order chi connectivity index (χ1) is 10.2. The lowest BCUT2D eigenvalue weighted by atomic mass is 9.97. The van der Waals surface area contributed by atoms with Gasteiger partial charge >= 0.3 is 0 Å². The Labute approximate surface area is 139 Å². The fourth-order valence-corrected chi connectivity index (χ4v) is 3.30. The maximum atomic E-state index is 12.0. The molecule has 0 aromatic heterocycles. The summed E-state index contributed by atoms with van der Waals surface area (Å²) in [5.41, 5.74) is 5.40. The van der Waals surface area contributed by atoms with Gasteiger partial charge in [0.1, 0.15) is 0 Å². The van der Waals surface area contributed by atoms with Gasteiger partial charge < -0.3 is 16.4 Å². The molecule has 0 aromatic carbocycles. The number of nitrogens with one attached hydrogen (secondary N) is 2. The van der Waals surface area contributed by atoms with Crippen LogP contribution in [0.1, 0.15) is 38.5 Å². The Balaban J connectivity index is 0.00000242. The Kier molecular flexibility index (Phi) is 8.75. The minimum absolute atomic E-state index is 0. The van der Waals surface area contributed by atoms with Crippen molar-refractivity contribution in [2.24, 2.45) is 11.7 Å². The molecule has 1 atom stereocenters. The Bertz CT molecular complexity index is 361. The maximum absolute atomic E-state index is 12.0. The standard InChI is InChI=1S/C15H28N4O2.ClH/c16-7-8-17-15(21)12-4-3-9-19(10-12)11-14(20)18-13-5-1-2-6-13;/h12-13H,1-11,16H2,(H,17,21)(H,18,20);1H. The van der Waals surface area contributed by atoms with Crippen molar-refractivity contribution in [3.8, 4) is 0 Å². The number of carbonyl (C=O) groups excluding carboxylic acids is 2. The number of hydrogen-bond donors (Lipinski definition) is 3. The summed E-state index contributed by atoms with van der Waals surface area (Å²) in [5.74, 6) is 0.163. The highest BCUT2D eigenvalue weighted by Crippen LogP contribution is 2.18. The summed E-state index contributed by atoms with van der Waals surface area (Å²) in [6.45, 7) is 2.98. The second-order valence-corrected chi connectivity index (χ2v) is 6.20. The molecule has 1 saturated carbocycles. The van der Waals surface area contributed by atoms with Gasteiger partial charge in [0.15, 0.2) is 0 Å². The van der Waals surface area contributed by atoms with Crippen LogP contribution in [0.4, 0.5) is 0 Å². The third-order valence-electron chi connectivity index (χ3n) is 4.41. The van der Waals surface area contributed by atoms with E-state index in [-0.39, 0.29) is 30.1 Å². The molecule has 2 rings (SSSR count). The highest BCUT2D eigenvalue weighted by atomic mass is 35.5. The van der Waals surface area contributed by atoms with Crippen molar-refractivity contribution in [3.63, 3.8) is 0 Å². The zero-order valence-corrected chi connectivity index (χ0v) is 14.0. The monoisotopic (exact) mass is 332 g/mol. The van der Waals surface area contributed by atoms with E-state index in [4.69, 9.17) is 5.73 Å². The molecular formula is C15H29ClN4O2. The first kappa shape index (κ1) is 19.2. The fraction of sp³-hybridized carbons (Fsp3) is 0.867. The summed E-state index contributed by atoms with van der Waals surface area (Å²) in [5, 5.41) is 5.95. The maximum Gasteiger partial charge on any atom is 0.234 e. The van der Waals surface area contributed by atoms with E-state index in [1.165, 1.54) is 12.8 Å².